The van der Waals surface area contributed by atoms with Crippen LogP contribution in [0.2, 0.25) is 0 Å². The molecule has 0 aliphatic heterocycles. The summed E-state index contributed by atoms with van der Waals surface area (Å²) in [6.45, 7) is 4.33. The average molecular weight is 213 g/mol. The molecule has 2 nitrogen and oxygen atoms in total. The Morgan fingerprint density at radius 2 is 2.06 bits per heavy atom. The van der Waals surface area contributed by atoms with Crippen LogP contribution in [0.1, 0.15) is 36.3 Å². The molecule has 0 fully saturated rings. The van der Waals surface area contributed by atoms with Crippen molar-refractivity contribution in [3.63, 3.8) is 0 Å². The minimum atomic E-state index is 0.0915. The molecule has 0 N–H and O–H groups in total. The topological polar surface area (TPSA) is 21.5 Å². The third-order valence-corrected chi connectivity index (χ3v) is 3.37. The molecule has 0 spiro atoms. The Hall–Kier alpha value is -1.57. The number of Topliss-reactive ketones (excluding diaryl/α,β-unsaturated/α-hetero) is 1. The van der Waals surface area contributed by atoms with Crippen LogP contribution in [0.5, 0.6) is 0 Å². The minimum Gasteiger partial charge on any atom is -0.320 e. The number of hydrogen-bond donors (Lipinski definition) is 0. The van der Waals surface area contributed by atoms with Gasteiger partial charge in [-0.3, -0.25) is 4.79 Å². The molecule has 2 heterocycles. The fourth-order valence-corrected chi connectivity index (χ4v) is 2.65. The summed E-state index contributed by atoms with van der Waals surface area (Å²) in [5.41, 5.74) is 3.31. The molecule has 0 unspecified atom stereocenters. The van der Waals surface area contributed by atoms with Gasteiger partial charge < -0.3 is 4.40 Å². The van der Waals surface area contributed by atoms with Crippen LogP contribution in [0.4, 0.5) is 0 Å². The van der Waals surface area contributed by atoms with Crippen LogP contribution >= 0.6 is 0 Å². The monoisotopic (exact) mass is 213 g/mol. The predicted octanol–water partition coefficient (Wildman–Crippen LogP) is 3.09. The van der Waals surface area contributed by atoms with Crippen LogP contribution in [0, 0.1) is 5.41 Å². The zero-order valence-electron chi connectivity index (χ0n) is 9.66. The number of carbonyl (C=O) groups is 1. The van der Waals surface area contributed by atoms with Crippen LogP contribution < -0.4 is 0 Å². The Morgan fingerprint density at radius 3 is 2.88 bits per heavy atom. The fraction of sp³-hybridized carbons (Fsp3) is 0.357. The number of fused-ring (bicyclic) bond motifs is 3. The van der Waals surface area contributed by atoms with E-state index in [2.05, 4.69) is 24.3 Å². The molecule has 0 saturated heterocycles. The van der Waals surface area contributed by atoms with E-state index in [0.29, 0.717) is 6.42 Å². The Kier molecular flexibility index (Phi) is 1.79. The van der Waals surface area contributed by atoms with Gasteiger partial charge in [-0.05, 0) is 30.0 Å². The second-order valence-electron chi connectivity index (χ2n) is 5.44. The first-order chi connectivity index (χ1) is 7.57. The van der Waals surface area contributed by atoms with Gasteiger partial charge in [0.2, 0.25) is 0 Å². The normalized spacial score (nSPS) is 18.8. The molecule has 0 saturated carbocycles. The molecule has 16 heavy (non-hydrogen) atoms. The van der Waals surface area contributed by atoms with Crippen molar-refractivity contribution in [2.24, 2.45) is 5.41 Å². The lowest BCUT2D eigenvalue weighted by Crippen LogP contribution is -2.27. The van der Waals surface area contributed by atoms with E-state index in [-0.39, 0.29) is 11.2 Å². The van der Waals surface area contributed by atoms with Crippen LogP contribution in [-0.2, 0) is 6.42 Å². The number of pyridine rings is 1. The van der Waals surface area contributed by atoms with E-state index in [9.17, 15) is 4.79 Å². The van der Waals surface area contributed by atoms with Crippen molar-refractivity contribution in [1.29, 1.82) is 0 Å². The number of carbonyl (C=O) groups excluding carboxylic acids is 1. The summed E-state index contributed by atoms with van der Waals surface area (Å²) in [6.07, 6.45) is 3.69. The number of rotatable bonds is 0. The standard InChI is InChI=1S/C14H15NO/c1-14(2)8-12-11(13(16)9-14)7-10-5-3-4-6-15(10)12/h3-7H,8-9H2,1-2H3. The molecule has 2 heteroatoms. The molecular weight excluding hydrogens is 198 g/mol. The van der Waals surface area contributed by atoms with Gasteiger partial charge in [-0.25, -0.2) is 0 Å². The van der Waals surface area contributed by atoms with Gasteiger partial charge in [0.1, 0.15) is 0 Å². The Bertz CT molecular complexity index is 577. The molecule has 2 aromatic rings. The molecule has 0 bridgehead atoms. The van der Waals surface area contributed by atoms with Crippen LogP contribution in [0.3, 0.4) is 0 Å². The number of aromatic nitrogens is 1. The number of nitrogens with zero attached hydrogens (tertiary/aromatic N) is 1. The Labute approximate surface area is 94.9 Å². The second kappa shape index (κ2) is 2.97. The van der Waals surface area contributed by atoms with Crippen molar-refractivity contribution in [2.75, 3.05) is 0 Å². The van der Waals surface area contributed by atoms with Gasteiger partial charge in [-0.2, -0.15) is 0 Å². The van der Waals surface area contributed by atoms with Crippen molar-refractivity contribution in [3.05, 3.63) is 41.7 Å². The Morgan fingerprint density at radius 1 is 1.25 bits per heavy atom. The summed E-state index contributed by atoms with van der Waals surface area (Å²) in [6, 6.07) is 8.10. The zero-order chi connectivity index (χ0) is 11.3. The van der Waals surface area contributed by atoms with E-state index in [4.69, 9.17) is 0 Å². The highest BCUT2D eigenvalue weighted by atomic mass is 16.1. The molecule has 1 aliphatic rings. The maximum absolute atomic E-state index is 12.1. The highest BCUT2D eigenvalue weighted by Gasteiger charge is 2.32. The van der Waals surface area contributed by atoms with Gasteiger partial charge in [0.15, 0.2) is 5.78 Å². The summed E-state index contributed by atoms with van der Waals surface area (Å²) >= 11 is 0. The van der Waals surface area contributed by atoms with Gasteiger partial charge in [0.25, 0.3) is 0 Å². The number of ketones is 1. The van der Waals surface area contributed by atoms with Gasteiger partial charge in [-0.15, -0.1) is 0 Å². The first kappa shape index (κ1) is 9.64. The zero-order valence-corrected chi connectivity index (χ0v) is 9.66. The first-order valence-electron chi connectivity index (χ1n) is 5.69. The van der Waals surface area contributed by atoms with Gasteiger partial charge >= 0.3 is 0 Å². The highest BCUT2D eigenvalue weighted by molar-refractivity contribution is 6.00. The third-order valence-electron chi connectivity index (χ3n) is 3.37. The average Bonchev–Trinajstić information content (AvgIpc) is 2.56. The lowest BCUT2D eigenvalue weighted by molar-refractivity contribution is 0.0911. The maximum Gasteiger partial charge on any atom is 0.165 e. The molecule has 0 aromatic carbocycles. The van der Waals surface area contributed by atoms with E-state index < -0.39 is 0 Å². The molecular formula is C14H15NO. The van der Waals surface area contributed by atoms with E-state index in [1.54, 1.807) is 0 Å². The van der Waals surface area contributed by atoms with Crippen LogP contribution in [0.25, 0.3) is 5.52 Å². The van der Waals surface area contributed by atoms with Gasteiger partial charge in [-0.1, -0.05) is 19.9 Å². The van der Waals surface area contributed by atoms with Crippen molar-refractivity contribution in [3.8, 4) is 0 Å². The molecule has 0 radical (unpaired) electrons. The van der Waals surface area contributed by atoms with Crippen molar-refractivity contribution in [1.82, 2.24) is 4.40 Å². The molecule has 82 valence electrons. The van der Waals surface area contributed by atoms with Crippen LogP contribution in [0.15, 0.2) is 30.5 Å². The summed E-state index contributed by atoms with van der Waals surface area (Å²) in [4.78, 5) is 12.1. The maximum atomic E-state index is 12.1. The van der Waals surface area contributed by atoms with Gasteiger partial charge in [0, 0.05) is 29.4 Å². The molecule has 1 aliphatic carbocycles. The molecule has 0 amide bonds. The predicted molar refractivity (Wildman–Crippen MR) is 63.8 cm³/mol. The molecule has 3 rings (SSSR count). The molecule has 2 aromatic heterocycles. The third kappa shape index (κ3) is 1.29. The lowest BCUT2D eigenvalue weighted by Gasteiger charge is -2.28. The largest absolute Gasteiger partial charge is 0.320 e. The summed E-state index contributed by atoms with van der Waals surface area (Å²) in [5.74, 6) is 0.287. The van der Waals surface area contributed by atoms with Gasteiger partial charge in [0.05, 0.1) is 0 Å². The van der Waals surface area contributed by atoms with Crippen molar-refractivity contribution >= 4 is 11.3 Å². The second-order valence-corrected chi connectivity index (χ2v) is 5.44. The molecule has 0 atom stereocenters. The van der Waals surface area contributed by atoms with E-state index in [0.717, 1.165) is 17.5 Å². The number of hydrogen-bond acceptors (Lipinski definition) is 1. The summed E-state index contributed by atoms with van der Waals surface area (Å²) in [7, 11) is 0. The van der Waals surface area contributed by atoms with Crippen molar-refractivity contribution in [2.45, 2.75) is 26.7 Å². The smallest absolute Gasteiger partial charge is 0.165 e. The highest BCUT2D eigenvalue weighted by Crippen LogP contribution is 2.35. The van der Waals surface area contributed by atoms with E-state index in [1.165, 1.54) is 5.69 Å². The van der Waals surface area contributed by atoms with E-state index in [1.807, 2.05) is 24.4 Å². The fourth-order valence-electron chi connectivity index (χ4n) is 2.65. The Balaban J connectivity index is 2.30. The quantitative estimate of drug-likeness (QED) is 0.659. The van der Waals surface area contributed by atoms with Crippen LogP contribution in [-0.4, -0.2) is 10.2 Å². The SMILES string of the molecule is CC1(C)CC(=O)c2cc3ccccn3c2C1. The van der Waals surface area contributed by atoms with Crippen molar-refractivity contribution < 1.29 is 4.79 Å². The summed E-state index contributed by atoms with van der Waals surface area (Å²) in [5, 5.41) is 0. The lowest BCUT2D eigenvalue weighted by atomic mass is 9.76. The van der Waals surface area contributed by atoms with E-state index >= 15 is 0 Å². The minimum absolute atomic E-state index is 0.0915. The summed E-state index contributed by atoms with van der Waals surface area (Å²) < 4.78 is 2.15. The first-order valence-corrected chi connectivity index (χ1v) is 5.69.